The Morgan fingerprint density at radius 3 is 2.63 bits per heavy atom. The monoisotopic (exact) mass is 322 g/mol. The van der Waals surface area contributed by atoms with Gasteiger partial charge in [0.1, 0.15) is 0 Å². The molecule has 0 fully saturated rings. The standard InChI is InChI=1S/C13H11BrN2O3/c1-8-3-4-11(16(17)18)12(6-8)19-13-10(14)5-9(2)7-15-13/h3-7H,1-2H3. The second kappa shape index (κ2) is 5.36. The molecule has 2 rings (SSSR count). The number of benzene rings is 1. The predicted octanol–water partition coefficient (Wildman–Crippen LogP) is 4.16. The van der Waals surface area contributed by atoms with E-state index in [9.17, 15) is 10.1 Å². The number of nitro benzene ring substituents is 1. The highest BCUT2D eigenvalue weighted by Gasteiger charge is 2.17. The summed E-state index contributed by atoms with van der Waals surface area (Å²) in [6, 6.07) is 6.55. The molecule has 0 aliphatic carbocycles. The van der Waals surface area contributed by atoms with Gasteiger partial charge in [-0.3, -0.25) is 10.1 Å². The smallest absolute Gasteiger partial charge is 0.311 e. The van der Waals surface area contributed by atoms with Gasteiger partial charge in [-0.05, 0) is 53.0 Å². The average molecular weight is 323 g/mol. The number of ether oxygens (including phenoxy) is 1. The minimum Gasteiger partial charge on any atom is -0.431 e. The second-order valence-corrected chi connectivity index (χ2v) is 4.98. The van der Waals surface area contributed by atoms with E-state index in [1.54, 1.807) is 18.3 Å². The van der Waals surface area contributed by atoms with Crippen LogP contribution < -0.4 is 4.74 Å². The Bertz CT molecular complexity index is 644. The second-order valence-electron chi connectivity index (χ2n) is 4.13. The maximum Gasteiger partial charge on any atom is 0.311 e. The zero-order valence-corrected chi connectivity index (χ0v) is 12.0. The summed E-state index contributed by atoms with van der Waals surface area (Å²) in [5.74, 6) is 0.487. The average Bonchev–Trinajstić information content (AvgIpc) is 2.32. The van der Waals surface area contributed by atoms with Crippen LogP contribution in [0.1, 0.15) is 11.1 Å². The number of aromatic nitrogens is 1. The van der Waals surface area contributed by atoms with Gasteiger partial charge in [0.2, 0.25) is 11.6 Å². The van der Waals surface area contributed by atoms with Crippen LogP contribution in [0.4, 0.5) is 5.69 Å². The van der Waals surface area contributed by atoms with Crippen molar-refractivity contribution in [2.24, 2.45) is 0 Å². The third kappa shape index (κ3) is 3.08. The van der Waals surface area contributed by atoms with Gasteiger partial charge in [-0.15, -0.1) is 0 Å². The van der Waals surface area contributed by atoms with Crippen molar-refractivity contribution in [2.75, 3.05) is 0 Å². The van der Waals surface area contributed by atoms with Gasteiger partial charge >= 0.3 is 5.69 Å². The van der Waals surface area contributed by atoms with E-state index >= 15 is 0 Å². The number of hydrogen-bond acceptors (Lipinski definition) is 4. The highest BCUT2D eigenvalue weighted by atomic mass is 79.9. The van der Waals surface area contributed by atoms with Crippen LogP contribution in [0.3, 0.4) is 0 Å². The van der Waals surface area contributed by atoms with Gasteiger partial charge in [0.25, 0.3) is 0 Å². The SMILES string of the molecule is Cc1cnc(Oc2cc(C)ccc2[N+](=O)[O-])c(Br)c1. The number of nitrogens with zero attached hydrogens (tertiary/aromatic N) is 2. The zero-order valence-electron chi connectivity index (χ0n) is 10.4. The molecular weight excluding hydrogens is 312 g/mol. The van der Waals surface area contributed by atoms with E-state index in [2.05, 4.69) is 20.9 Å². The maximum atomic E-state index is 11.0. The highest BCUT2D eigenvalue weighted by molar-refractivity contribution is 9.10. The molecule has 0 atom stereocenters. The molecule has 6 heteroatoms. The van der Waals surface area contributed by atoms with E-state index in [1.165, 1.54) is 6.07 Å². The van der Waals surface area contributed by atoms with Crippen molar-refractivity contribution in [2.45, 2.75) is 13.8 Å². The lowest BCUT2D eigenvalue weighted by atomic mass is 10.2. The summed E-state index contributed by atoms with van der Waals surface area (Å²) >= 11 is 3.33. The summed E-state index contributed by atoms with van der Waals surface area (Å²) in [5.41, 5.74) is 1.77. The molecule has 2 aromatic rings. The molecule has 0 aliphatic rings. The van der Waals surface area contributed by atoms with E-state index in [1.807, 2.05) is 19.9 Å². The van der Waals surface area contributed by atoms with E-state index < -0.39 is 4.92 Å². The molecule has 0 radical (unpaired) electrons. The molecule has 0 unspecified atom stereocenters. The van der Waals surface area contributed by atoms with Crippen molar-refractivity contribution >= 4 is 21.6 Å². The normalized spacial score (nSPS) is 10.3. The summed E-state index contributed by atoms with van der Waals surface area (Å²) in [5, 5.41) is 11.0. The number of hydrogen-bond donors (Lipinski definition) is 0. The lowest BCUT2D eigenvalue weighted by molar-refractivity contribution is -0.385. The van der Waals surface area contributed by atoms with Gasteiger partial charge in [0, 0.05) is 12.3 Å². The molecule has 0 N–H and O–H groups in total. The van der Waals surface area contributed by atoms with E-state index in [0.717, 1.165) is 11.1 Å². The Hall–Kier alpha value is -1.95. The first kappa shape index (κ1) is 13.5. The summed E-state index contributed by atoms with van der Waals surface area (Å²) < 4.78 is 6.19. The first-order chi connectivity index (χ1) is 8.97. The summed E-state index contributed by atoms with van der Waals surface area (Å²) in [4.78, 5) is 14.6. The number of rotatable bonds is 3. The van der Waals surface area contributed by atoms with Crippen LogP contribution >= 0.6 is 15.9 Å². The van der Waals surface area contributed by atoms with Gasteiger partial charge in [-0.25, -0.2) is 4.98 Å². The van der Waals surface area contributed by atoms with Crippen LogP contribution in [-0.4, -0.2) is 9.91 Å². The van der Waals surface area contributed by atoms with Gasteiger partial charge in [-0.1, -0.05) is 6.07 Å². The van der Waals surface area contributed by atoms with Crippen LogP contribution in [-0.2, 0) is 0 Å². The van der Waals surface area contributed by atoms with Crippen LogP contribution in [0, 0.1) is 24.0 Å². The molecule has 0 aliphatic heterocycles. The Labute approximate surface area is 118 Å². The fraction of sp³-hybridized carbons (Fsp3) is 0.154. The van der Waals surface area contributed by atoms with Crippen molar-refractivity contribution < 1.29 is 9.66 Å². The molecule has 0 saturated heterocycles. The van der Waals surface area contributed by atoms with Crippen LogP contribution in [0.5, 0.6) is 11.6 Å². The molecule has 1 aromatic heterocycles. The molecular formula is C13H11BrN2O3. The molecule has 1 aromatic carbocycles. The first-order valence-corrected chi connectivity index (χ1v) is 6.31. The predicted molar refractivity (Wildman–Crippen MR) is 74.6 cm³/mol. The lowest BCUT2D eigenvalue weighted by Crippen LogP contribution is -1.96. The number of aryl methyl sites for hydroxylation is 2. The zero-order chi connectivity index (χ0) is 14.0. The number of nitro groups is 1. The Kier molecular flexibility index (Phi) is 3.80. The molecule has 5 nitrogen and oxygen atoms in total. The quantitative estimate of drug-likeness (QED) is 0.628. The molecule has 0 bridgehead atoms. The Balaban J connectivity index is 2.42. The van der Waals surface area contributed by atoms with Crippen molar-refractivity contribution in [1.29, 1.82) is 0 Å². The van der Waals surface area contributed by atoms with Gasteiger partial charge in [0.15, 0.2) is 0 Å². The van der Waals surface area contributed by atoms with Crippen molar-refractivity contribution in [1.82, 2.24) is 4.98 Å². The number of pyridine rings is 1. The molecule has 98 valence electrons. The minimum atomic E-state index is -0.475. The molecule has 1 heterocycles. The fourth-order valence-electron chi connectivity index (χ4n) is 1.55. The molecule has 0 saturated carbocycles. The lowest BCUT2D eigenvalue weighted by Gasteiger charge is -2.08. The van der Waals surface area contributed by atoms with Gasteiger partial charge in [0.05, 0.1) is 9.40 Å². The topological polar surface area (TPSA) is 65.3 Å². The van der Waals surface area contributed by atoms with Gasteiger partial charge in [-0.2, -0.15) is 0 Å². The highest BCUT2D eigenvalue weighted by Crippen LogP contribution is 2.34. The summed E-state index contributed by atoms with van der Waals surface area (Å²) in [6.07, 6.45) is 1.64. The first-order valence-electron chi connectivity index (χ1n) is 5.52. The van der Waals surface area contributed by atoms with Crippen molar-refractivity contribution in [3.8, 4) is 11.6 Å². The van der Waals surface area contributed by atoms with E-state index in [-0.39, 0.29) is 11.4 Å². The summed E-state index contributed by atoms with van der Waals surface area (Å²) in [6.45, 7) is 3.74. The molecule has 0 spiro atoms. The Morgan fingerprint density at radius 2 is 2.00 bits per heavy atom. The van der Waals surface area contributed by atoms with Crippen LogP contribution in [0.25, 0.3) is 0 Å². The third-order valence-corrected chi connectivity index (χ3v) is 3.03. The maximum absolute atomic E-state index is 11.0. The van der Waals surface area contributed by atoms with E-state index in [4.69, 9.17) is 4.74 Å². The number of halogens is 1. The molecule has 19 heavy (non-hydrogen) atoms. The van der Waals surface area contributed by atoms with Gasteiger partial charge < -0.3 is 4.74 Å². The fourth-order valence-corrected chi connectivity index (χ4v) is 2.10. The third-order valence-electron chi connectivity index (χ3n) is 2.46. The van der Waals surface area contributed by atoms with E-state index in [0.29, 0.717) is 10.4 Å². The largest absolute Gasteiger partial charge is 0.431 e. The molecule has 0 amide bonds. The van der Waals surface area contributed by atoms with Crippen LogP contribution in [0.2, 0.25) is 0 Å². The van der Waals surface area contributed by atoms with Crippen molar-refractivity contribution in [3.05, 3.63) is 56.2 Å². The van der Waals surface area contributed by atoms with Crippen molar-refractivity contribution in [3.63, 3.8) is 0 Å². The Morgan fingerprint density at radius 1 is 1.26 bits per heavy atom. The summed E-state index contributed by atoms with van der Waals surface area (Å²) in [7, 11) is 0. The minimum absolute atomic E-state index is 0.0834. The van der Waals surface area contributed by atoms with Crippen LogP contribution in [0.15, 0.2) is 34.9 Å².